The molecule has 1 N–H and O–H groups in total. The van der Waals surface area contributed by atoms with E-state index in [0.29, 0.717) is 18.2 Å². The Hall–Kier alpha value is -2.38. The second-order valence-electron chi connectivity index (χ2n) is 7.77. The van der Waals surface area contributed by atoms with Crippen molar-refractivity contribution >= 4 is 5.91 Å². The van der Waals surface area contributed by atoms with Crippen LogP contribution in [-0.4, -0.2) is 66.9 Å². The van der Waals surface area contributed by atoms with Gasteiger partial charge in [0.05, 0.1) is 20.3 Å². The number of aryl methyl sites for hydroxylation is 1. The largest absolute Gasteiger partial charge is 0.497 e. The van der Waals surface area contributed by atoms with Crippen molar-refractivity contribution < 1.29 is 14.3 Å². The molecule has 1 saturated heterocycles. The summed E-state index contributed by atoms with van der Waals surface area (Å²) in [6.45, 7) is 6.09. The predicted molar refractivity (Wildman–Crippen MR) is 110 cm³/mol. The van der Waals surface area contributed by atoms with Gasteiger partial charge in [0.1, 0.15) is 17.3 Å². The van der Waals surface area contributed by atoms with Crippen LogP contribution in [0, 0.1) is 0 Å². The van der Waals surface area contributed by atoms with E-state index in [2.05, 4.69) is 31.9 Å². The Morgan fingerprint density at radius 2 is 2.21 bits per heavy atom. The van der Waals surface area contributed by atoms with Gasteiger partial charge in [0.25, 0.3) is 5.91 Å². The number of benzene rings is 1. The summed E-state index contributed by atoms with van der Waals surface area (Å²) < 4.78 is 12.9. The third-order valence-corrected chi connectivity index (χ3v) is 5.83. The van der Waals surface area contributed by atoms with E-state index >= 15 is 0 Å². The Kier molecular flexibility index (Phi) is 6.46. The highest BCUT2D eigenvalue weighted by molar-refractivity contribution is 5.92. The molecule has 0 aliphatic carbocycles. The fourth-order valence-corrected chi connectivity index (χ4v) is 4.14. The highest BCUT2D eigenvalue weighted by atomic mass is 16.5. The number of hydrogen-bond acceptors (Lipinski definition) is 5. The Morgan fingerprint density at radius 1 is 1.34 bits per heavy atom. The zero-order chi connectivity index (χ0) is 20.1. The van der Waals surface area contributed by atoms with Gasteiger partial charge in [-0.15, -0.1) is 0 Å². The smallest absolute Gasteiger partial charge is 0.271 e. The summed E-state index contributed by atoms with van der Waals surface area (Å²) >= 11 is 0. The van der Waals surface area contributed by atoms with E-state index in [1.54, 1.807) is 7.11 Å². The fraction of sp³-hybridized carbons (Fsp3) is 0.545. The topological polar surface area (TPSA) is 68.6 Å². The Labute approximate surface area is 172 Å². The molecule has 2 aromatic rings. The molecule has 1 amide bonds. The van der Waals surface area contributed by atoms with Gasteiger partial charge in [-0.05, 0) is 37.1 Å². The quantitative estimate of drug-likeness (QED) is 0.723. The summed E-state index contributed by atoms with van der Waals surface area (Å²) in [5, 5.41) is 3.02. The van der Waals surface area contributed by atoms with Crippen LogP contribution in [0.2, 0.25) is 0 Å². The Morgan fingerprint density at radius 3 is 3.03 bits per heavy atom. The number of methoxy groups -OCH3 is 1. The van der Waals surface area contributed by atoms with Crippen LogP contribution in [-0.2, 0) is 17.7 Å². The number of carbonyl (C=O) groups is 1. The number of ether oxygens (including phenoxy) is 2. The molecule has 3 heterocycles. The normalized spacial score (nSPS) is 19.6. The van der Waals surface area contributed by atoms with Crippen molar-refractivity contribution in [3.05, 3.63) is 47.5 Å². The number of aromatic nitrogens is 2. The maximum absolute atomic E-state index is 12.5. The first-order chi connectivity index (χ1) is 14.2. The summed E-state index contributed by atoms with van der Waals surface area (Å²) in [6, 6.07) is 8.26. The molecule has 1 aromatic heterocycles. The molecule has 7 nitrogen and oxygen atoms in total. The number of carbonyl (C=O) groups excluding carboxylic acids is 1. The van der Waals surface area contributed by atoms with Crippen LogP contribution >= 0.6 is 0 Å². The van der Waals surface area contributed by atoms with Gasteiger partial charge in [-0.25, -0.2) is 4.98 Å². The number of nitrogens with one attached hydrogen (secondary N) is 1. The summed E-state index contributed by atoms with van der Waals surface area (Å²) in [7, 11) is 1.69. The van der Waals surface area contributed by atoms with Crippen LogP contribution in [0.25, 0.3) is 0 Å². The Balaban J connectivity index is 1.29. The molecule has 4 rings (SSSR count). The highest BCUT2D eigenvalue weighted by Crippen LogP contribution is 2.30. The summed E-state index contributed by atoms with van der Waals surface area (Å²) in [5.41, 5.74) is 1.80. The lowest BCUT2D eigenvalue weighted by atomic mass is 9.91. The second-order valence-corrected chi connectivity index (χ2v) is 7.77. The first kappa shape index (κ1) is 19.9. The molecule has 1 aromatic carbocycles. The molecule has 7 heteroatoms. The summed E-state index contributed by atoms with van der Waals surface area (Å²) in [6.07, 6.45) is 4.76. The molecule has 1 fully saturated rings. The number of nitrogens with zero attached hydrogens (tertiary/aromatic N) is 3. The molecule has 1 unspecified atom stereocenters. The Bertz CT molecular complexity index is 829. The van der Waals surface area contributed by atoms with Crippen LogP contribution in [0.5, 0.6) is 5.75 Å². The minimum atomic E-state index is -0.0770. The van der Waals surface area contributed by atoms with Crippen molar-refractivity contribution in [2.45, 2.75) is 31.7 Å². The van der Waals surface area contributed by atoms with Gasteiger partial charge >= 0.3 is 0 Å². The van der Waals surface area contributed by atoms with Gasteiger partial charge in [0, 0.05) is 44.7 Å². The van der Waals surface area contributed by atoms with Crippen LogP contribution in [0.4, 0.5) is 0 Å². The number of imidazole rings is 1. The van der Waals surface area contributed by atoms with E-state index in [-0.39, 0.29) is 5.91 Å². The molecule has 2 aliphatic heterocycles. The van der Waals surface area contributed by atoms with Gasteiger partial charge < -0.3 is 19.4 Å². The fourth-order valence-electron chi connectivity index (χ4n) is 4.14. The minimum absolute atomic E-state index is 0.0770. The van der Waals surface area contributed by atoms with E-state index in [1.807, 2.05) is 18.3 Å². The number of rotatable bonds is 7. The van der Waals surface area contributed by atoms with Crippen molar-refractivity contribution in [1.29, 1.82) is 0 Å². The third kappa shape index (κ3) is 4.97. The van der Waals surface area contributed by atoms with Gasteiger partial charge in [-0.1, -0.05) is 12.1 Å². The van der Waals surface area contributed by atoms with Crippen molar-refractivity contribution in [2.24, 2.45) is 0 Å². The lowest BCUT2D eigenvalue weighted by Crippen LogP contribution is -2.38. The average Bonchev–Trinajstić information content (AvgIpc) is 3.21. The van der Waals surface area contributed by atoms with Gasteiger partial charge in [0.2, 0.25) is 0 Å². The molecule has 2 aliphatic rings. The zero-order valence-electron chi connectivity index (χ0n) is 17.1. The zero-order valence-corrected chi connectivity index (χ0v) is 17.1. The lowest BCUT2D eigenvalue weighted by molar-refractivity contribution is 0.0374. The van der Waals surface area contributed by atoms with E-state index < -0.39 is 0 Å². The summed E-state index contributed by atoms with van der Waals surface area (Å²) in [5.74, 6) is 2.22. The van der Waals surface area contributed by atoms with Crippen LogP contribution < -0.4 is 10.1 Å². The molecule has 0 saturated carbocycles. The van der Waals surface area contributed by atoms with Crippen molar-refractivity contribution in [3.8, 4) is 5.75 Å². The first-order valence-corrected chi connectivity index (χ1v) is 10.5. The van der Waals surface area contributed by atoms with Crippen molar-refractivity contribution in [3.63, 3.8) is 0 Å². The predicted octanol–water partition coefficient (Wildman–Crippen LogP) is 2.07. The first-order valence-electron chi connectivity index (χ1n) is 10.5. The lowest BCUT2D eigenvalue weighted by Gasteiger charge is -2.26. The summed E-state index contributed by atoms with van der Waals surface area (Å²) in [4.78, 5) is 19.5. The number of amides is 1. The van der Waals surface area contributed by atoms with E-state index in [1.165, 1.54) is 5.56 Å². The van der Waals surface area contributed by atoms with E-state index in [4.69, 9.17) is 9.47 Å². The molecule has 0 spiro atoms. The maximum atomic E-state index is 12.5. The van der Waals surface area contributed by atoms with Gasteiger partial charge in [-0.2, -0.15) is 0 Å². The monoisotopic (exact) mass is 398 g/mol. The SMILES string of the molecule is COc1cccc(C2CCc3nc(C(=O)NCCCN4CCOCC4)cn3C2)c1. The van der Waals surface area contributed by atoms with Gasteiger partial charge in [-0.3, -0.25) is 9.69 Å². The second kappa shape index (κ2) is 9.41. The van der Waals surface area contributed by atoms with Crippen LogP contribution in [0.15, 0.2) is 30.5 Å². The average molecular weight is 399 g/mol. The molecule has 0 bridgehead atoms. The number of morpholine rings is 1. The maximum Gasteiger partial charge on any atom is 0.271 e. The van der Waals surface area contributed by atoms with Crippen LogP contribution in [0.3, 0.4) is 0 Å². The van der Waals surface area contributed by atoms with Gasteiger partial charge in [0.15, 0.2) is 0 Å². The van der Waals surface area contributed by atoms with Crippen LogP contribution in [0.1, 0.15) is 40.6 Å². The number of fused-ring (bicyclic) bond motifs is 1. The molecular weight excluding hydrogens is 368 g/mol. The molecular formula is C22H30N4O3. The minimum Gasteiger partial charge on any atom is -0.497 e. The molecule has 1 atom stereocenters. The molecule has 0 radical (unpaired) electrons. The van der Waals surface area contributed by atoms with Crippen molar-refractivity contribution in [2.75, 3.05) is 46.5 Å². The standard InChI is InChI=1S/C22H30N4O3/c1-28-19-5-2-4-17(14-19)18-6-7-21-24-20(16-26(21)15-18)22(27)23-8-3-9-25-10-12-29-13-11-25/h2,4-5,14,16,18H,3,6-13,15H2,1H3,(H,23,27). The third-order valence-electron chi connectivity index (χ3n) is 5.83. The number of hydrogen-bond donors (Lipinski definition) is 1. The molecule has 29 heavy (non-hydrogen) atoms. The van der Waals surface area contributed by atoms with Crippen molar-refractivity contribution in [1.82, 2.24) is 19.8 Å². The molecule has 156 valence electrons. The highest BCUT2D eigenvalue weighted by Gasteiger charge is 2.23. The van der Waals surface area contributed by atoms with E-state index in [0.717, 1.165) is 70.2 Å². The van der Waals surface area contributed by atoms with E-state index in [9.17, 15) is 4.79 Å².